The lowest BCUT2D eigenvalue weighted by atomic mass is 9.99. The molecule has 0 bridgehead atoms. The maximum Gasteiger partial charge on any atom is 0.326 e. The van der Waals surface area contributed by atoms with Crippen LogP contribution in [-0.2, 0) is 4.79 Å². The molecule has 0 aliphatic carbocycles. The molecule has 106 valence electrons. The molecular formula is C13H26N2O3. The Hall–Kier alpha value is -1.26. The summed E-state index contributed by atoms with van der Waals surface area (Å²) in [5.41, 5.74) is 0. The predicted molar refractivity (Wildman–Crippen MR) is 71.6 cm³/mol. The summed E-state index contributed by atoms with van der Waals surface area (Å²) in [5.74, 6) is -1.05. The minimum atomic E-state index is -0.973. The van der Waals surface area contributed by atoms with E-state index < -0.39 is 12.0 Å². The number of hydrogen-bond acceptors (Lipinski definition) is 2. The first-order valence-electron chi connectivity index (χ1n) is 6.68. The van der Waals surface area contributed by atoms with Crippen molar-refractivity contribution in [3.8, 4) is 0 Å². The zero-order valence-corrected chi connectivity index (χ0v) is 11.9. The molecule has 0 unspecified atom stereocenters. The highest BCUT2D eigenvalue weighted by Gasteiger charge is 2.26. The molecule has 0 aliphatic heterocycles. The molecule has 5 heteroatoms. The fourth-order valence-corrected chi connectivity index (χ4v) is 1.63. The van der Waals surface area contributed by atoms with Gasteiger partial charge in [0.25, 0.3) is 0 Å². The zero-order chi connectivity index (χ0) is 14.1. The highest BCUT2D eigenvalue weighted by atomic mass is 16.4. The molecule has 2 N–H and O–H groups in total. The van der Waals surface area contributed by atoms with Gasteiger partial charge in [0, 0.05) is 13.6 Å². The average molecular weight is 258 g/mol. The molecule has 0 aliphatic rings. The van der Waals surface area contributed by atoms with Gasteiger partial charge in [-0.15, -0.1) is 0 Å². The molecule has 0 aromatic carbocycles. The summed E-state index contributed by atoms with van der Waals surface area (Å²) in [5, 5.41) is 11.7. The van der Waals surface area contributed by atoms with Gasteiger partial charge >= 0.3 is 12.0 Å². The first-order chi connectivity index (χ1) is 8.43. The Morgan fingerprint density at radius 1 is 1.28 bits per heavy atom. The number of carboxylic acid groups (broad SMARTS) is 1. The number of nitrogens with zero attached hydrogens (tertiary/aromatic N) is 1. The molecule has 0 spiro atoms. The molecule has 2 amide bonds. The Bertz CT molecular complexity index is 269. The number of amides is 2. The minimum Gasteiger partial charge on any atom is -0.480 e. The summed E-state index contributed by atoms with van der Waals surface area (Å²) in [4.78, 5) is 24.5. The molecule has 0 saturated heterocycles. The van der Waals surface area contributed by atoms with Crippen LogP contribution < -0.4 is 5.32 Å². The van der Waals surface area contributed by atoms with Crippen molar-refractivity contribution >= 4 is 12.0 Å². The van der Waals surface area contributed by atoms with Crippen LogP contribution in [0.5, 0.6) is 0 Å². The molecule has 0 radical (unpaired) electrons. The van der Waals surface area contributed by atoms with Crippen molar-refractivity contribution in [3.63, 3.8) is 0 Å². The fourth-order valence-electron chi connectivity index (χ4n) is 1.63. The van der Waals surface area contributed by atoms with Crippen LogP contribution in [0.2, 0.25) is 0 Å². The lowest BCUT2D eigenvalue weighted by Crippen LogP contribution is -2.49. The average Bonchev–Trinajstić information content (AvgIpc) is 2.34. The van der Waals surface area contributed by atoms with E-state index in [2.05, 4.69) is 12.2 Å². The van der Waals surface area contributed by atoms with E-state index in [4.69, 9.17) is 5.11 Å². The Morgan fingerprint density at radius 3 is 2.33 bits per heavy atom. The van der Waals surface area contributed by atoms with Gasteiger partial charge in [-0.1, -0.05) is 40.0 Å². The normalized spacial score (nSPS) is 13.8. The van der Waals surface area contributed by atoms with Gasteiger partial charge in [-0.25, -0.2) is 9.59 Å². The lowest BCUT2D eigenvalue weighted by Gasteiger charge is -2.24. The maximum absolute atomic E-state index is 11.8. The quantitative estimate of drug-likeness (QED) is 0.656. The van der Waals surface area contributed by atoms with E-state index in [1.807, 2.05) is 13.8 Å². The van der Waals surface area contributed by atoms with Crippen LogP contribution in [0.15, 0.2) is 0 Å². The van der Waals surface area contributed by atoms with Crippen LogP contribution in [0.1, 0.15) is 46.5 Å². The van der Waals surface area contributed by atoms with Crippen LogP contribution in [0.25, 0.3) is 0 Å². The van der Waals surface area contributed by atoms with Crippen molar-refractivity contribution in [2.45, 2.75) is 52.5 Å². The summed E-state index contributed by atoms with van der Waals surface area (Å²) >= 11 is 0. The summed E-state index contributed by atoms with van der Waals surface area (Å²) in [6, 6.07) is -1.12. The Kier molecular flexibility index (Phi) is 8.16. The van der Waals surface area contributed by atoms with Crippen molar-refractivity contribution in [1.82, 2.24) is 10.2 Å². The number of unbranched alkanes of at least 4 members (excludes halogenated alkanes) is 2. The van der Waals surface area contributed by atoms with Gasteiger partial charge in [-0.2, -0.15) is 0 Å². The van der Waals surface area contributed by atoms with E-state index >= 15 is 0 Å². The second-order valence-electron chi connectivity index (χ2n) is 4.78. The summed E-state index contributed by atoms with van der Waals surface area (Å²) in [6.45, 7) is 6.50. The van der Waals surface area contributed by atoms with E-state index in [0.717, 1.165) is 25.7 Å². The van der Waals surface area contributed by atoms with E-state index in [0.29, 0.717) is 6.54 Å². The number of carboxylic acids is 1. The van der Waals surface area contributed by atoms with Gasteiger partial charge in [0.2, 0.25) is 0 Å². The van der Waals surface area contributed by atoms with E-state index in [9.17, 15) is 9.59 Å². The second-order valence-corrected chi connectivity index (χ2v) is 4.78. The smallest absolute Gasteiger partial charge is 0.326 e. The molecular weight excluding hydrogens is 232 g/mol. The van der Waals surface area contributed by atoms with Crippen LogP contribution in [0.3, 0.4) is 0 Å². The first kappa shape index (κ1) is 16.7. The number of urea groups is 1. The van der Waals surface area contributed by atoms with E-state index in [-0.39, 0.29) is 11.9 Å². The third-order valence-corrected chi connectivity index (χ3v) is 3.20. The molecule has 2 atom stereocenters. The Labute approximate surface area is 110 Å². The number of carbonyl (C=O) groups is 2. The second kappa shape index (κ2) is 8.78. The Balaban J connectivity index is 4.28. The molecule has 0 saturated carbocycles. The number of nitrogens with one attached hydrogen (secondary N) is 1. The van der Waals surface area contributed by atoms with Crippen molar-refractivity contribution in [1.29, 1.82) is 0 Å². The van der Waals surface area contributed by atoms with Crippen LogP contribution in [-0.4, -0.2) is 41.6 Å². The molecule has 5 nitrogen and oxygen atoms in total. The van der Waals surface area contributed by atoms with Gasteiger partial charge in [-0.05, 0) is 12.3 Å². The number of aliphatic carboxylic acids is 1. The summed E-state index contributed by atoms with van der Waals surface area (Å²) < 4.78 is 0. The largest absolute Gasteiger partial charge is 0.480 e. The topological polar surface area (TPSA) is 69.6 Å². The van der Waals surface area contributed by atoms with Crippen molar-refractivity contribution in [2.75, 3.05) is 13.6 Å². The third kappa shape index (κ3) is 5.89. The number of carbonyl (C=O) groups excluding carboxylic acids is 1. The Morgan fingerprint density at radius 2 is 1.89 bits per heavy atom. The molecule has 0 rings (SSSR count). The van der Waals surface area contributed by atoms with E-state index in [1.165, 1.54) is 0 Å². The van der Waals surface area contributed by atoms with Gasteiger partial charge in [0.15, 0.2) is 0 Å². The highest BCUT2D eigenvalue weighted by Crippen LogP contribution is 2.08. The molecule has 18 heavy (non-hydrogen) atoms. The van der Waals surface area contributed by atoms with Crippen molar-refractivity contribution in [2.24, 2.45) is 5.92 Å². The van der Waals surface area contributed by atoms with Crippen molar-refractivity contribution in [3.05, 3.63) is 0 Å². The fraction of sp³-hybridized carbons (Fsp3) is 0.846. The van der Waals surface area contributed by atoms with E-state index in [1.54, 1.807) is 11.9 Å². The lowest BCUT2D eigenvalue weighted by molar-refractivity contribution is -0.140. The van der Waals surface area contributed by atoms with Gasteiger partial charge in [-0.3, -0.25) is 0 Å². The van der Waals surface area contributed by atoms with Crippen molar-refractivity contribution < 1.29 is 14.7 Å². The van der Waals surface area contributed by atoms with Crippen LogP contribution >= 0.6 is 0 Å². The number of rotatable bonds is 8. The number of hydrogen-bond donors (Lipinski definition) is 2. The predicted octanol–water partition coefficient (Wildman–Crippen LogP) is 2.32. The monoisotopic (exact) mass is 258 g/mol. The minimum absolute atomic E-state index is 0.0736. The van der Waals surface area contributed by atoms with Gasteiger partial charge < -0.3 is 15.3 Å². The van der Waals surface area contributed by atoms with Crippen LogP contribution in [0, 0.1) is 5.92 Å². The first-order valence-corrected chi connectivity index (χ1v) is 6.68. The van der Waals surface area contributed by atoms with Gasteiger partial charge in [0.05, 0.1) is 0 Å². The van der Waals surface area contributed by atoms with Gasteiger partial charge in [0.1, 0.15) is 6.04 Å². The molecule has 0 heterocycles. The molecule has 0 aromatic heterocycles. The highest BCUT2D eigenvalue weighted by molar-refractivity contribution is 5.82. The summed E-state index contributed by atoms with van der Waals surface area (Å²) in [7, 11) is 1.69. The summed E-state index contributed by atoms with van der Waals surface area (Å²) in [6.07, 6.45) is 3.84. The zero-order valence-electron chi connectivity index (χ0n) is 11.9. The van der Waals surface area contributed by atoms with Crippen LogP contribution in [0.4, 0.5) is 4.79 Å². The third-order valence-electron chi connectivity index (χ3n) is 3.20. The molecule has 0 aromatic rings. The standard InChI is InChI=1S/C13H26N2O3/c1-5-7-8-9-15(4)13(18)14-11(12(16)17)10(3)6-2/h10-11H,5-9H2,1-4H3,(H,14,18)(H,16,17)/t10-,11-/m0/s1. The maximum atomic E-state index is 11.8. The molecule has 0 fully saturated rings. The SMILES string of the molecule is CCCCCN(C)C(=O)N[C@H](C(=O)O)[C@@H](C)CC.